The second-order valence-corrected chi connectivity index (χ2v) is 7.64. The highest BCUT2D eigenvalue weighted by Gasteiger charge is 2.28. The van der Waals surface area contributed by atoms with Crippen LogP contribution in [0.2, 0.25) is 0 Å². The third-order valence-electron chi connectivity index (χ3n) is 5.37. The summed E-state index contributed by atoms with van der Waals surface area (Å²) in [5.74, 6) is 2.05. The van der Waals surface area contributed by atoms with Gasteiger partial charge in [-0.3, -0.25) is 4.90 Å². The summed E-state index contributed by atoms with van der Waals surface area (Å²) in [6.45, 7) is 5.45. The number of halogens is 1. The molecular weight excluding hydrogens is 347 g/mol. The van der Waals surface area contributed by atoms with E-state index in [2.05, 4.69) is 9.88 Å². The van der Waals surface area contributed by atoms with Gasteiger partial charge in [0.2, 0.25) is 5.89 Å². The maximum absolute atomic E-state index is 14.3. The second kappa shape index (κ2) is 7.98. The molecule has 27 heavy (non-hydrogen) atoms. The van der Waals surface area contributed by atoms with Crippen LogP contribution in [-0.2, 0) is 11.3 Å². The summed E-state index contributed by atoms with van der Waals surface area (Å²) in [6, 6.07) is 4.59. The molecule has 2 fully saturated rings. The van der Waals surface area contributed by atoms with Gasteiger partial charge in [0.15, 0.2) is 0 Å². The lowest BCUT2D eigenvalue weighted by Gasteiger charge is -2.24. The van der Waals surface area contributed by atoms with Crippen molar-refractivity contribution in [2.45, 2.75) is 45.3 Å². The quantitative estimate of drug-likeness (QED) is 0.693. The molecule has 0 radical (unpaired) electrons. The van der Waals surface area contributed by atoms with Crippen LogP contribution in [0.5, 0.6) is 5.75 Å². The number of hydrogen-bond acceptors (Lipinski definition) is 5. The molecular formula is C21H27FN2O3. The maximum Gasteiger partial charge on any atom is 0.229 e. The molecule has 5 nitrogen and oxygen atoms in total. The average molecular weight is 374 g/mol. The fourth-order valence-corrected chi connectivity index (χ4v) is 3.64. The maximum atomic E-state index is 14.3. The molecule has 146 valence electrons. The third-order valence-corrected chi connectivity index (χ3v) is 5.37. The minimum Gasteiger partial charge on any atom is -0.497 e. The Morgan fingerprint density at radius 1 is 1.26 bits per heavy atom. The number of ether oxygens (including phenoxy) is 2. The first kappa shape index (κ1) is 18.4. The number of benzene rings is 1. The van der Waals surface area contributed by atoms with Crippen molar-refractivity contribution in [3.05, 3.63) is 35.5 Å². The zero-order chi connectivity index (χ0) is 18.8. The van der Waals surface area contributed by atoms with Gasteiger partial charge in [0.05, 0.1) is 24.5 Å². The number of methoxy groups -OCH3 is 1. The predicted molar refractivity (Wildman–Crippen MR) is 100 cm³/mol. The lowest BCUT2D eigenvalue weighted by Crippen LogP contribution is -2.33. The van der Waals surface area contributed by atoms with E-state index in [0.29, 0.717) is 29.9 Å². The summed E-state index contributed by atoms with van der Waals surface area (Å²) in [4.78, 5) is 7.03. The van der Waals surface area contributed by atoms with Crippen molar-refractivity contribution in [2.75, 3.05) is 26.8 Å². The Labute approximate surface area is 159 Å². The van der Waals surface area contributed by atoms with Gasteiger partial charge < -0.3 is 13.9 Å². The molecule has 2 aliphatic rings. The standard InChI is InChI=1S/C21H27FN2O3/c1-14-20(13-24(11-15-5-6-15)12-17-4-3-9-26-17)23-21(27-14)18-10-16(25-2)7-8-19(18)22/h7-8,10,15,17H,3-6,9,11-13H2,1-2H3/t17-/m1/s1. The van der Waals surface area contributed by atoms with Gasteiger partial charge in [-0.05, 0) is 56.7 Å². The highest BCUT2D eigenvalue weighted by Crippen LogP contribution is 2.32. The van der Waals surface area contributed by atoms with Crippen LogP contribution in [0.3, 0.4) is 0 Å². The van der Waals surface area contributed by atoms with Crippen LogP contribution >= 0.6 is 0 Å². The predicted octanol–water partition coefficient (Wildman–Crippen LogP) is 4.19. The van der Waals surface area contributed by atoms with E-state index < -0.39 is 0 Å². The monoisotopic (exact) mass is 374 g/mol. The van der Waals surface area contributed by atoms with Crippen LogP contribution in [0.25, 0.3) is 11.5 Å². The Kier molecular flexibility index (Phi) is 5.45. The molecule has 1 saturated heterocycles. The first-order valence-corrected chi connectivity index (χ1v) is 9.76. The molecule has 2 aromatic rings. The Hall–Kier alpha value is -1.92. The van der Waals surface area contributed by atoms with Gasteiger partial charge in [0, 0.05) is 26.2 Å². The first-order valence-electron chi connectivity index (χ1n) is 9.76. The van der Waals surface area contributed by atoms with Crippen LogP contribution in [-0.4, -0.2) is 42.8 Å². The number of oxazole rings is 1. The third kappa shape index (κ3) is 4.50. The van der Waals surface area contributed by atoms with Crippen molar-refractivity contribution >= 4 is 0 Å². The van der Waals surface area contributed by atoms with Crippen LogP contribution in [0.4, 0.5) is 4.39 Å². The summed E-state index contributed by atoms with van der Waals surface area (Å²) < 4.78 is 31.1. The normalized spacial score (nSPS) is 19.8. The second-order valence-electron chi connectivity index (χ2n) is 7.64. The van der Waals surface area contributed by atoms with Gasteiger partial charge in [0.25, 0.3) is 0 Å². The zero-order valence-electron chi connectivity index (χ0n) is 16.0. The molecule has 4 rings (SSSR count). The zero-order valence-corrected chi connectivity index (χ0v) is 16.0. The van der Waals surface area contributed by atoms with E-state index in [1.807, 2.05) is 6.92 Å². The van der Waals surface area contributed by atoms with E-state index >= 15 is 0 Å². The van der Waals surface area contributed by atoms with Crippen molar-refractivity contribution in [1.29, 1.82) is 0 Å². The summed E-state index contributed by atoms with van der Waals surface area (Å²) in [7, 11) is 1.56. The van der Waals surface area contributed by atoms with Crippen molar-refractivity contribution < 1.29 is 18.3 Å². The lowest BCUT2D eigenvalue weighted by molar-refractivity contribution is 0.0684. The largest absolute Gasteiger partial charge is 0.497 e. The molecule has 0 N–H and O–H groups in total. The molecule has 0 amide bonds. The Morgan fingerprint density at radius 3 is 2.81 bits per heavy atom. The van der Waals surface area contributed by atoms with Crippen LogP contribution < -0.4 is 4.74 Å². The van der Waals surface area contributed by atoms with E-state index in [1.54, 1.807) is 19.2 Å². The van der Waals surface area contributed by atoms with E-state index in [9.17, 15) is 4.39 Å². The molecule has 6 heteroatoms. The van der Waals surface area contributed by atoms with Crippen LogP contribution in [0, 0.1) is 18.7 Å². The topological polar surface area (TPSA) is 47.7 Å². The molecule has 0 spiro atoms. The number of aromatic nitrogens is 1. The average Bonchev–Trinajstić information content (AvgIpc) is 3.18. The van der Waals surface area contributed by atoms with Gasteiger partial charge >= 0.3 is 0 Å². The van der Waals surface area contributed by atoms with Crippen LogP contribution in [0.15, 0.2) is 22.6 Å². The van der Waals surface area contributed by atoms with E-state index in [-0.39, 0.29) is 5.82 Å². The highest BCUT2D eigenvalue weighted by atomic mass is 19.1. The molecule has 1 saturated carbocycles. The number of nitrogens with zero attached hydrogens (tertiary/aromatic N) is 2. The van der Waals surface area contributed by atoms with E-state index in [1.165, 1.54) is 18.9 Å². The molecule has 2 heterocycles. The van der Waals surface area contributed by atoms with E-state index in [0.717, 1.165) is 49.9 Å². The van der Waals surface area contributed by atoms with Crippen molar-refractivity contribution in [3.63, 3.8) is 0 Å². The minimum absolute atomic E-state index is 0.308. The van der Waals surface area contributed by atoms with Gasteiger partial charge in [0.1, 0.15) is 17.3 Å². The SMILES string of the molecule is COc1ccc(F)c(-c2nc(CN(CC3CC3)C[C@H]3CCCO3)c(C)o2)c1. The molecule has 0 unspecified atom stereocenters. The van der Waals surface area contributed by atoms with E-state index in [4.69, 9.17) is 13.9 Å². The summed E-state index contributed by atoms with van der Waals surface area (Å²) in [6.07, 6.45) is 5.19. The number of aryl methyl sites for hydroxylation is 1. The number of rotatable bonds is 8. The molecule has 0 bridgehead atoms. The molecule has 1 aliphatic carbocycles. The Morgan fingerprint density at radius 2 is 2.11 bits per heavy atom. The van der Waals surface area contributed by atoms with Gasteiger partial charge in [-0.15, -0.1) is 0 Å². The van der Waals surface area contributed by atoms with Gasteiger partial charge in [-0.1, -0.05) is 0 Å². The van der Waals surface area contributed by atoms with Crippen molar-refractivity contribution in [3.8, 4) is 17.2 Å². The Bertz CT molecular complexity index is 782. The molecule has 1 aromatic carbocycles. The molecule has 1 aliphatic heterocycles. The first-order chi connectivity index (χ1) is 13.1. The van der Waals surface area contributed by atoms with Crippen molar-refractivity contribution in [2.24, 2.45) is 5.92 Å². The van der Waals surface area contributed by atoms with Gasteiger partial charge in [-0.2, -0.15) is 0 Å². The molecule has 1 aromatic heterocycles. The summed E-state index contributed by atoms with van der Waals surface area (Å²) in [5.41, 5.74) is 1.20. The smallest absolute Gasteiger partial charge is 0.229 e. The summed E-state index contributed by atoms with van der Waals surface area (Å²) in [5, 5.41) is 0. The Balaban J connectivity index is 1.52. The molecule has 1 atom stereocenters. The van der Waals surface area contributed by atoms with Crippen LogP contribution in [0.1, 0.15) is 37.1 Å². The van der Waals surface area contributed by atoms with Crippen molar-refractivity contribution in [1.82, 2.24) is 9.88 Å². The summed E-state index contributed by atoms with van der Waals surface area (Å²) >= 11 is 0. The number of hydrogen-bond donors (Lipinski definition) is 0. The fourth-order valence-electron chi connectivity index (χ4n) is 3.64. The minimum atomic E-state index is -0.363. The fraction of sp³-hybridized carbons (Fsp3) is 0.571. The highest BCUT2D eigenvalue weighted by molar-refractivity contribution is 5.57. The lowest BCUT2D eigenvalue weighted by atomic mass is 10.2. The van der Waals surface area contributed by atoms with Gasteiger partial charge in [-0.25, -0.2) is 9.37 Å².